The molecule has 468 valence electrons. The minimum atomic E-state index is -0.993. The second-order valence-electron chi connectivity index (χ2n) is 15.5. The van der Waals surface area contributed by atoms with Gasteiger partial charge >= 0.3 is 168 Å². The second kappa shape index (κ2) is 114. The Morgan fingerprint density at radius 1 is 0.568 bits per heavy atom. The summed E-state index contributed by atoms with van der Waals surface area (Å²) in [7, 11) is 0. The van der Waals surface area contributed by atoms with E-state index in [1.807, 2.05) is 121 Å². The fourth-order valence-electron chi connectivity index (χ4n) is 4.50. The number of allylic oxidation sites excluding steroid dienone is 5. The summed E-state index contributed by atoms with van der Waals surface area (Å²) in [5.74, 6) is -0.118. The molecule has 2 aromatic rings. The Kier molecular flexibility index (Phi) is 165. The summed E-state index contributed by atoms with van der Waals surface area (Å²) in [4.78, 5) is 30.7. The fraction of sp³-hybridized carbons (Fsp3) is 0.606. The summed E-state index contributed by atoms with van der Waals surface area (Å²) in [6.07, 6.45) is 26.7. The van der Waals surface area contributed by atoms with Gasteiger partial charge in [-0.1, -0.05) is 232 Å². The van der Waals surface area contributed by atoms with E-state index in [1.165, 1.54) is 127 Å². The van der Waals surface area contributed by atoms with Crippen LogP contribution in [0.2, 0.25) is 0 Å². The van der Waals surface area contributed by atoms with Gasteiger partial charge in [0.25, 0.3) is 5.54 Å². The van der Waals surface area contributed by atoms with Gasteiger partial charge in [0.2, 0.25) is 0 Å². The number of ether oxygens (including phenoxy) is 1. The number of hydrogen-bond acceptors (Lipinski definition) is 4. The van der Waals surface area contributed by atoms with E-state index in [0.29, 0.717) is 11.1 Å². The van der Waals surface area contributed by atoms with E-state index in [2.05, 4.69) is 57.8 Å². The van der Waals surface area contributed by atoms with Crippen LogP contribution in [-0.4, -0.2) is 48.9 Å². The molecule has 0 aliphatic heterocycles. The number of benzene rings is 2. The van der Waals surface area contributed by atoms with Crippen molar-refractivity contribution >= 4 is 19.5 Å². The summed E-state index contributed by atoms with van der Waals surface area (Å²) >= 11 is 2.90. The number of hydrogen-bond donors (Lipinski definition) is 1. The van der Waals surface area contributed by atoms with Crippen LogP contribution < -0.4 is 0 Å². The van der Waals surface area contributed by atoms with Crippen LogP contribution >= 0.6 is 0 Å². The van der Waals surface area contributed by atoms with Crippen LogP contribution in [0.5, 0.6) is 0 Å². The van der Waals surface area contributed by atoms with E-state index in [9.17, 15) is 9.59 Å². The van der Waals surface area contributed by atoms with Crippen LogP contribution in [0.4, 0.5) is 0 Å². The molecule has 2 saturated carbocycles. The van der Waals surface area contributed by atoms with Gasteiger partial charge in [-0.3, -0.25) is 4.79 Å². The van der Waals surface area contributed by atoms with Crippen LogP contribution in [-0.2, 0) is 109 Å². The summed E-state index contributed by atoms with van der Waals surface area (Å²) in [5.41, 5.74) is -0.546. The van der Waals surface area contributed by atoms with Crippen molar-refractivity contribution in [3.8, 4) is 0 Å². The number of nitrogens with zero attached hydrogens (tertiary/aromatic N) is 2. The summed E-state index contributed by atoms with van der Waals surface area (Å²) in [6.45, 7) is 80.6. The van der Waals surface area contributed by atoms with Crippen LogP contribution in [0.25, 0.3) is 9.69 Å². The Balaban J connectivity index is -0.0000000482. The summed E-state index contributed by atoms with van der Waals surface area (Å²) in [5, 5.41) is 9.02. The molecule has 0 spiro atoms. The van der Waals surface area contributed by atoms with Gasteiger partial charge < -0.3 is 60.6 Å². The average molecular weight is 1620 g/mol. The summed E-state index contributed by atoms with van der Waals surface area (Å²) in [6, 6.07) is 17.9. The second-order valence-corrected chi connectivity index (χ2v) is 19.6. The number of ketones is 2. The molecule has 0 aromatic heterocycles. The molecular formula is C71H128N2O4W2Y2-4. The maximum Gasteiger partial charge on any atom is 0 e. The third-order valence-electron chi connectivity index (χ3n) is 8.21. The topological polar surface area (TPSA) is 72.3 Å². The minimum absolute atomic E-state index is 0. The van der Waals surface area contributed by atoms with Crippen LogP contribution in [0.1, 0.15) is 283 Å². The quantitative estimate of drug-likeness (QED) is 0.0885. The molecule has 4 rings (SSSR count). The fourth-order valence-corrected chi connectivity index (χ4v) is 4.72. The maximum atomic E-state index is 12.1. The van der Waals surface area contributed by atoms with Crippen LogP contribution in [0.3, 0.4) is 0 Å². The zero-order chi connectivity index (χ0) is 63.9. The normalized spacial score (nSPS) is 10.7. The van der Waals surface area contributed by atoms with E-state index < -0.39 is 11.1 Å². The molecule has 2 aromatic carbocycles. The third kappa shape index (κ3) is 114. The van der Waals surface area contributed by atoms with Crippen molar-refractivity contribution in [3.63, 3.8) is 0 Å². The zero-order valence-corrected chi connectivity index (χ0v) is 67.5. The Bertz CT molecular complexity index is 1550. The SMILES string of the molecule is C.C1CCCC1.C1CCCC1.C=CC.CC.CC.CC.CC.CC.CC.CCC.CCC.CC[C](C)=[W].[C-]#[N+]C(C)(CO)CC(=O)c1ccccc1.[C-]#[N+]C(C)(CO[C](=[W])CC)CC(=O)c1ccccc1.[CH-]=CC=[CH-].[CH-]=CC=[CH-].[Y].[Y]. The molecule has 6 nitrogen and oxygen atoms in total. The Morgan fingerprint density at radius 2 is 0.778 bits per heavy atom. The molecule has 2 unspecified atom stereocenters. The van der Waals surface area contributed by atoms with Gasteiger partial charge in [0, 0.05) is 77.9 Å². The smallest absolute Gasteiger partial charge is 0 e. The molecule has 2 radical (unpaired) electrons. The Morgan fingerprint density at radius 3 is 0.938 bits per heavy atom. The molecule has 0 saturated heterocycles. The molecule has 10 heteroatoms. The molecule has 0 amide bonds. The Labute approximate surface area is 581 Å². The molecule has 2 fully saturated rings. The first-order valence-electron chi connectivity index (χ1n) is 29.4. The molecule has 2 atom stereocenters. The summed E-state index contributed by atoms with van der Waals surface area (Å²) < 4.78 is 8.13. The molecular weight excluding hydrogens is 1490 g/mol. The van der Waals surface area contributed by atoms with Crippen LogP contribution in [0, 0.1) is 39.5 Å². The molecule has 0 heterocycles. The van der Waals surface area contributed by atoms with Crippen molar-refractivity contribution in [2.24, 2.45) is 0 Å². The van der Waals surface area contributed by atoms with E-state index >= 15 is 0 Å². The van der Waals surface area contributed by atoms with E-state index in [4.69, 9.17) is 49.3 Å². The first-order chi connectivity index (χ1) is 37.5. The number of aliphatic hydroxyl groups excluding tert-OH is 1. The molecule has 0 bridgehead atoms. The van der Waals surface area contributed by atoms with Crippen molar-refractivity contribution in [3.05, 3.63) is 158 Å². The van der Waals surface area contributed by atoms with Gasteiger partial charge in [0.05, 0.1) is 6.42 Å². The van der Waals surface area contributed by atoms with Gasteiger partial charge in [0.15, 0.2) is 5.78 Å². The predicted molar refractivity (Wildman–Crippen MR) is 354 cm³/mol. The minimum Gasteiger partial charge on any atom is -0.394 e. The van der Waals surface area contributed by atoms with Gasteiger partial charge in [0.1, 0.15) is 6.61 Å². The van der Waals surface area contributed by atoms with Crippen molar-refractivity contribution in [1.82, 2.24) is 0 Å². The van der Waals surface area contributed by atoms with Gasteiger partial charge in [-0.2, -0.15) is 0 Å². The van der Waals surface area contributed by atoms with Crippen molar-refractivity contribution in [2.75, 3.05) is 13.2 Å². The largest absolute Gasteiger partial charge is 0.394 e. The molecule has 2 aliphatic carbocycles. The average Bonchev–Trinajstić information content (AvgIpc) is 4.31. The van der Waals surface area contributed by atoms with Crippen molar-refractivity contribution in [2.45, 2.75) is 274 Å². The first-order valence-corrected chi connectivity index (χ1v) is 32.3. The molecule has 81 heavy (non-hydrogen) atoms. The monoisotopic (exact) mass is 1620 g/mol. The number of aliphatic hydroxyl groups is 1. The third-order valence-corrected chi connectivity index (χ3v) is 10.7. The van der Waals surface area contributed by atoms with Crippen molar-refractivity contribution in [1.29, 1.82) is 0 Å². The maximum absolute atomic E-state index is 12.1. The number of carbonyl (C=O) groups is 2. The van der Waals surface area contributed by atoms with Gasteiger partial charge in [-0.15, -0.1) is 6.58 Å². The van der Waals surface area contributed by atoms with E-state index in [-0.39, 0.29) is 110 Å². The molecule has 2 aliphatic rings. The van der Waals surface area contributed by atoms with Crippen LogP contribution in [0.15, 0.2) is 97.6 Å². The first kappa shape index (κ1) is 118. The van der Waals surface area contributed by atoms with Crippen molar-refractivity contribution < 1.29 is 124 Å². The van der Waals surface area contributed by atoms with Gasteiger partial charge in [-0.05, 0) is 6.92 Å². The molecule has 1 N–H and O–H groups in total. The van der Waals surface area contributed by atoms with E-state index in [0.717, 1.165) is 10.5 Å². The van der Waals surface area contributed by atoms with Gasteiger partial charge in [-0.25, -0.2) is 6.57 Å². The number of Topliss-reactive ketones (excluding diaryl/α,β-unsaturated/α-hetero) is 2. The number of carbonyl (C=O) groups excluding carboxylic acids is 2. The number of rotatable bonds is 14. The zero-order valence-electron chi connectivity index (χ0n) is 55.9. The predicted octanol–water partition coefficient (Wildman–Crippen LogP) is 22.7. The standard InChI is InChI=1S/C15H17NO2.C12H13NO2.2C5H10.C4H8.2C4H4.2C3H8.C3H6.6C2H6.CH4.2W.2Y/c1-4-10-18-12-15(2,16-3)11-14(17)13-8-6-5-7-9-13;1-12(9-14,13-2)8-11(15)10-6-4-3-5-7-10;2*1-2-4-5-3-1;3*1-3-4-2;3*1-3-2;6*1-2;;;;;/h5-9H,4,11-12H2,1-2H3;3-7,14H,8-9H2,1H3;2*1-5H2;3H2,1-2H3;2*1-4H;2*3H2,1-2H3;3H,1H2,2H3;6*1-2H3;1H4;;;;/q;;;;;2*-2;;;;;;;;;;;;;;. The van der Waals surface area contributed by atoms with E-state index in [1.54, 1.807) is 79.6 Å². The Hall–Kier alpha value is -1.30.